The number of halogens is 1. The average Bonchev–Trinajstić information content (AvgIpc) is 2.55. The summed E-state index contributed by atoms with van der Waals surface area (Å²) in [5, 5.41) is 9.06. The third kappa shape index (κ3) is 5.28. The highest BCUT2D eigenvalue weighted by Gasteiger charge is 2.08. The van der Waals surface area contributed by atoms with Gasteiger partial charge < -0.3 is 16.0 Å². The van der Waals surface area contributed by atoms with Gasteiger partial charge >= 0.3 is 0 Å². The van der Waals surface area contributed by atoms with Gasteiger partial charge in [-0.15, -0.1) is 0 Å². The van der Waals surface area contributed by atoms with Crippen molar-refractivity contribution in [3.63, 3.8) is 0 Å². The topological polar surface area (TPSA) is 70.2 Å². The molecule has 0 spiro atoms. The van der Waals surface area contributed by atoms with Crippen molar-refractivity contribution in [1.82, 2.24) is 5.32 Å². The molecule has 0 aliphatic heterocycles. The summed E-state index contributed by atoms with van der Waals surface area (Å²) in [4.78, 5) is 23.8. The quantitative estimate of drug-likeness (QED) is 0.750. The van der Waals surface area contributed by atoms with E-state index in [1.807, 2.05) is 13.8 Å². The largest absolute Gasteiger partial charge is 0.376 e. The average molecular weight is 346 g/mol. The second-order valence-electron chi connectivity index (χ2n) is 5.59. The zero-order valence-electron chi connectivity index (χ0n) is 13.6. The van der Waals surface area contributed by atoms with Crippen LogP contribution in [-0.2, 0) is 4.79 Å². The predicted molar refractivity (Wildman–Crippen MR) is 97.6 cm³/mol. The number of nitrogens with one attached hydrogen (secondary N) is 3. The standard InChI is InChI=1S/C18H20ClN3O2/c1-12(2)21-18(24)13-7-9-14(10-8-13)20-11-17(23)22-16-6-4-3-5-15(16)19/h3-10,12,20H,11H2,1-2H3,(H,21,24)(H,22,23). The Balaban J connectivity index is 1.87. The lowest BCUT2D eigenvalue weighted by molar-refractivity contribution is -0.114. The van der Waals surface area contributed by atoms with Crippen molar-refractivity contribution >= 4 is 34.8 Å². The normalized spacial score (nSPS) is 10.3. The first kappa shape index (κ1) is 17.8. The molecule has 0 aliphatic carbocycles. The first-order valence-electron chi connectivity index (χ1n) is 7.65. The number of hydrogen-bond donors (Lipinski definition) is 3. The van der Waals surface area contributed by atoms with Crippen LogP contribution in [0.2, 0.25) is 5.02 Å². The van der Waals surface area contributed by atoms with Gasteiger partial charge in [0.05, 0.1) is 17.3 Å². The maximum absolute atomic E-state index is 11.9. The minimum atomic E-state index is -0.204. The van der Waals surface area contributed by atoms with Gasteiger partial charge in [-0.1, -0.05) is 23.7 Å². The first-order valence-corrected chi connectivity index (χ1v) is 8.02. The minimum Gasteiger partial charge on any atom is -0.376 e. The van der Waals surface area contributed by atoms with Crippen molar-refractivity contribution in [2.24, 2.45) is 0 Å². The van der Waals surface area contributed by atoms with E-state index >= 15 is 0 Å². The number of rotatable bonds is 6. The Morgan fingerprint density at radius 2 is 1.71 bits per heavy atom. The molecule has 3 N–H and O–H groups in total. The summed E-state index contributed by atoms with van der Waals surface area (Å²) in [7, 11) is 0. The lowest BCUT2D eigenvalue weighted by atomic mass is 10.2. The number of hydrogen-bond acceptors (Lipinski definition) is 3. The fourth-order valence-electron chi connectivity index (χ4n) is 2.02. The smallest absolute Gasteiger partial charge is 0.251 e. The van der Waals surface area contributed by atoms with Gasteiger partial charge in [0, 0.05) is 17.3 Å². The highest BCUT2D eigenvalue weighted by atomic mass is 35.5. The van der Waals surface area contributed by atoms with Gasteiger partial charge in [0.2, 0.25) is 5.91 Å². The van der Waals surface area contributed by atoms with E-state index < -0.39 is 0 Å². The van der Waals surface area contributed by atoms with Crippen molar-refractivity contribution < 1.29 is 9.59 Å². The molecular weight excluding hydrogens is 326 g/mol. The summed E-state index contributed by atoms with van der Waals surface area (Å²) in [6, 6.07) is 14.1. The molecule has 0 aliphatic rings. The van der Waals surface area contributed by atoms with Gasteiger partial charge in [-0.2, -0.15) is 0 Å². The zero-order valence-corrected chi connectivity index (χ0v) is 14.4. The first-order chi connectivity index (χ1) is 11.5. The van der Waals surface area contributed by atoms with E-state index in [0.717, 1.165) is 5.69 Å². The van der Waals surface area contributed by atoms with Crippen LogP contribution in [0.1, 0.15) is 24.2 Å². The fourth-order valence-corrected chi connectivity index (χ4v) is 2.21. The second-order valence-corrected chi connectivity index (χ2v) is 5.99. The third-order valence-corrected chi connectivity index (χ3v) is 3.50. The van der Waals surface area contributed by atoms with E-state index in [9.17, 15) is 9.59 Å². The van der Waals surface area contributed by atoms with Crippen molar-refractivity contribution in [3.8, 4) is 0 Å². The van der Waals surface area contributed by atoms with Crippen LogP contribution >= 0.6 is 11.6 Å². The van der Waals surface area contributed by atoms with Gasteiger partial charge in [0.1, 0.15) is 0 Å². The molecule has 126 valence electrons. The van der Waals surface area contributed by atoms with Crippen LogP contribution in [0.3, 0.4) is 0 Å². The van der Waals surface area contributed by atoms with Gasteiger partial charge in [-0.25, -0.2) is 0 Å². The lowest BCUT2D eigenvalue weighted by Crippen LogP contribution is -2.30. The van der Waals surface area contributed by atoms with E-state index in [1.54, 1.807) is 48.5 Å². The number of amides is 2. The second kappa shape index (κ2) is 8.36. The SMILES string of the molecule is CC(C)NC(=O)c1ccc(NCC(=O)Nc2ccccc2Cl)cc1. The Morgan fingerprint density at radius 3 is 2.33 bits per heavy atom. The number of carbonyl (C=O) groups is 2. The van der Waals surface area contributed by atoms with Crippen LogP contribution < -0.4 is 16.0 Å². The van der Waals surface area contributed by atoms with Crippen LogP contribution in [0.4, 0.5) is 11.4 Å². The molecule has 2 amide bonds. The Kier molecular flexibility index (Phi) is 6.21. The molecule has 2 aromatic carbocycles. The molecule has 2 rings (SSSR count). The van der Waals surface area contributed by atoms with Crippen molar-refractivity contribution in [2.75, 3.05) is 17.2 Å². The van der Waals surface area contributed by atoms with E-state index in [0.29, 0.717) is 16.3 Å². The summed E-state index contributed by atoms with van der Waals surface area (Å²) in [5.41, 5.74) is 1.91. The van der Waals surface area contributed by atoms with Gasteiger partial charge in [-0.3, -0.25) is 9.59 Å². The van der Waals surface area contributed by atoms with Crippen LogP contribution in [0.15, 0.2) is 48.5 Å². The maximum Gasteiger partial charge on any atom is 0.251 e. The lowest BCUT2D eigenvalue weighted by Gasteiger charge is -2.10. The molecule has 0 bridgehead atoms. The highest BCUT2D eigenvalue weighted by Crippen LogP contribution is 2.20. The van der Waals surface area contributed by atoms with Crippen molar-refractivity contribution in [2.45, 2.75) is 19.9 Å². The minimum absolute atomic E-state index is 0.0869. The molecule has 0 radical (unpaired) electrons. The van der Waals surface area contributed by atoms with Crippen LogP contribution in [0.5, 0.6) is 0 Å². The van der Waals surface area contributed by atoms with Crippen LogP contribution in [0, 0.1) is 0 Å². The summed E-state index contributed by atoms with van der Waals surface area (Å²) in [5.74, 6) is -0.322. The van der Waals surface area contributed by atoms with Gasteiger partial charge in [0.25, 0.3) is 5.91 Å². The Hall–Kier alpha value is -2.53. The van der Waals surface area contributed by atoms with Gasteiger partial charge in [-0.05, 0) is 50.2 Å². The third-order valence-electron chi connectivity index (χ3n) is 3.17. The molecular formula is C18H20ClN3O2. The van der Waals surface area contributed by atoms with Crippen molar-refractivity contribution in [3.05, 3.63) is 59.1 Å². The van der Waals surface area contributed by atoms with Gasteiger partial charge in [0.15, 0.2) is 0 Å². The highest BCUT2D eigenvalue weighted by molar-refractivity contribution is 6.33. The van der Waals surface area contributed by atoms with E-state index in [4.69, 9.17) is 11.6 Å². The fraction of sp³-hybridized carbons (Fsp3) is 0.222. The number of anilines is 2. The monoisotopic (exact) mass is 345 g/mol. The molecule has 24 heavy (non-hydrogen) atoms. The number of benzene rings is 2. The molecule has 0 fully saturated rings. The molecule has 0 saturated carbocycles. The van der Waals surface area contributed by atoms with E-state index in [1.165, 1.54) is 0 Å². The predicted octanol–water partition coefficient (Wildman–Crippen LogP) is 3.53. The molecule has 0 atom stereocenters. The zero-order chi connectivity index (χ0) is 17.5. The van der Waals surface area contributed by atoms with Crippen LogP contribution in [-0.4, -0.2) is 24.4 Å². The molecule has 2 aromatic rings. The Labute approximate surface area is 146 Å². The van der Waals surface area contributed by atoms with Crippen LogP contribution in [0.25, 0.3) is 0 Å². The number of carbonyl (C=O) groups excluding carboxylic acids is 2. The Bertz CT molecular complexity index is 714. The van der Waals surface area contributed by atoms with Crippen molar-refractivity contribution in [1.29, 1.82) is 0 Å². The summed E-state index contributed by atoms with van der Waals surface area (Å²) in [6.07, 6.45) is 0. The maximum atomic E-state index is 11.9. The molecule has 0 heterocycles. The molecule has 6 heteroatoms. The van der Waals surface area contributed by atoms with E-state index in [-0.39, 0.29) is 24.4 Å². The molecule has 5 nitrogen and oxygen atoms in total. The number of para-hydroxylation sites is 1. The molecule has 0 saturated heterocycles. The van der Waals surface area contributed by atoms with E-state index in [2.05, 4.69) is 16.0 Å². The Morgan fingerprint density at radius 1 is 1.04 bits per heavy atom. The summed E-state index contributed by atoms with van der Waals surface area (Å²) < 4.78 is 0. The summed E-state index contributed by atoms with van der Waals surface area (Å²) in [6.45, 7) is 3.92. The summed E-state index contributed by atoms with van der Waals surface area (Å²) >= 11 is 6.00. The molecule has 0 aromatic heterocycles. The molecule has 0 unspecified atom stereocenters.